The summed E-state index contributed by atoms with van der Waals surface area (Å²) in [6, 6.07) is 9.13. The van der Waals surface area contributed by atoms with Crippen molar-refractivity contribution in [2.24, 2.45) is 0 Å². The molecule has 0 amide bonds. The fourth-order valence-corrected chi connectivity index (χ4v) is 9.09. The van der Waals surface area contributed by atoms with Crippen molar-refractivity contribution in [3.05, 3.63) is 24.3 Å². The van der Waals surface area contributed by atoms with E-state index in [1.807, 2.05) is 0 Å². The lowest BCUT2D eigenvalue weighted by molar-refractivity contribution is 0.568. The van der Waals surface area contributed by atoms with Gasteiger partial charge in [-0.15, -0.1) is 0 Å². The number of rotatable bonds is 5. The predicted octanol–water partition coefficient (Wildman–Crippen LogP) is 5.02. The Morgan fingerprint density at radius 1 is 0.619 bits per heavy atom. The minimum Gasteiger partial charge on any atom is -0.547 e. The van der Waals surface area contributed by atoms with Crippen molar-refractivity contribution in [3.63, 3.8) is 0 Å². The van der Waals surface area contributed by atoms with Crippen molar-refractivity contribution in [1.82, 2.24) is 0 Å². The van der Waals surface area contributed by atoms with Gasteiger partial charge in [0.1, 0.15) is 5.75 Å². The van der Waals surface area contributed by atoms with E-state index in [9.17, 15) is 0 Å². The van der Waals surface area contributed by atoms with Crippen LogP contribution in [0.3, 0.4) is 0 Å². The van der Waals surface area contributed by atoms with Gasteiger partial charge >= 0.3 is 0 Å². The highest BCUT2D eigenvalue weighted by atomic mass is 29.3. The molecule has 0 saturated heterocycles. The number of hydrogen-bond acceptors (Lipinski definition) is 1. The van der Waals surface area contributed by atoms with Gasteiger partial charge in [-0.3, -0.25) is 0 Å². The third kappa shape index (κ3) is 4.21. The molecule has 0 aliphatic heterocycles. The van der Waals surface area contributed by atoms with Crippen LogP contribution in [0.25, 0.3) is 0 Å². The zero-order chi connectivity index (χ0) is 16.7. The van der Waals surface area contributed by atoms with Gasteiger partial charge in [-0.25, -0.2) is 0 Å². The Balaban J connectivity index is 3.00. The Bertz CT molecular complexity index is 478. The van der Waals surface area contributed by atoms with Crippen molar-refractivity contribution < 1.29 is 4.43 Å². The maximum Gasteiger partial charge on any atom is 0.228 e. The molecule has 0 N–H and O–H groups in total. The first kappa shape index (κ1) is 18.9. The van der Waals surface area contributed by atoms with Gasteiger partial charge in [0.2, 0.25) is 7.83 Å². The lowest BCUT2D eigenvalue weighted by Gasteiger charge is -2.37. The first-order valence-electron chi connectivity index (χ1n) is 7.98. The summed E-state index contributed by atoms with van der Waals surface area (Å²) in [6.45, 7) is 24.6. The fraction of sp³-hybridized carbons (Fsp3) is 0.625. The molecule has 0 radical (unpaired) electrons. The summed E-state index contributed by atoms with van der Waals surface area (Å²) in [7, 11) is -5.20. The first-order chi connectivity index (χ1) is 9.18. The van der Waals surface area contributed by atoms with Gasteiger partial charge < -0.3 is 4.43 Å². The van der Waals surface area contributed by atoms with Crippen molar-refractivity contribution in [2.75, 3.05) is 0 Å². The monoisotopic (exact) mass is 354 g/mol. The molecule has 0 aromatic heterocycles. The standard InChI is InChI=1S/C16H34OSi4/c1-18(2,3)20(7,8)16-13-11-15(12-14-16)17-21(9,10)19(4,5)6/h11-14H,1-10H3. The van der Waals surface area contributed by atoms with Crippen LogP contribution in [-0.2, 0) is 0 Å². The molecule has 0 saturated carbocycles. The van der Waals surface area contributed by atoms with Gasteiger partial charge in [-0.2, -0.15) is 0 Å². The Labute approximate surface area is 135 Å². The molecule has 0 aliphatic carbocycles. The lowest BCUT2D eigenvalue weighted by atomic mass is 10.3. The fourth-order valence-electron chi connectivity index (χ4n) is 1.82. The minimum absolute atomic E-state index is 1.08. The van der Waals surface area contributed by atoms with Crippen molar-refractivity contribution in [1.29, 1.82) is 0 Å². The predicted molar refractivity (Wildman–Crippen MR) is 108 cm³/mol. The quantitative estimate of drug-likeness (QED) is 0.675. The van der Waals surface area contributed by atoms with E-state index in [1.165, 1.54) is 0 Å². The number of benzene rings is 1. The molecule has 0 aliphatic rings. The molecule has 0 unspecified atom stereocenters. The molecular weight excluding hydrogens is 321 g/mol. The molecule has 1 rings (SSSR count). The largest absolute Gasteiger partial charge is 0.547 e. The van der Waals surface area contributed by atoms with E-state index < -0.39 is 30.6 Å². The average Bonchev–Trinajstić information content (AvgIpc) is 2.26. The molecule has 0 bridgehead atoms. The van der Waals surface area contributed by atoms with Crippen LogP contribution < -0.4 is 9.61 Å². The van der Waals surface area contributed by atoms with Gasteiger partial charge in [-0.1, -0.05) is 69.7 Å². The molecule has 0 fully saturated rings. The van der Waals surface area contributed by atoms with Crippen LogP contribution in [0.2, 0.25) is 65.5 Å². The van der Waals surface area contributed by atoms with E-state index in [4.69, 9.17) is 4.43 Å². The van der Waals surface area contributed by atoms with Gasteiger partial charge in [0.15, 0.2) is 0 Å². The summed E-state index contributed by atoms with van der Waals surface area (Å²) in [5, 5.41) is 1.58. The first-order valence-corrected chi connectivity index (χ1v) is 22.9. The molecule has 0 heterocycles. The van der Waals surface area contributed by atoms with Crippen molar-refractivity contribution in [2.45, 2.75) is 65.5 Å². The van der Waals surface area contributed by atoms with Gasteiger partial charge in [0.05, 0.1) is 15.2 Å². The van der Waals surface area contributed by atoms with Crippen LogP contribution >= 0.6 is 0 Å². The number of hydrogen-bond donors (Lipinski definition) is 0. The second-order valence-electron chi connectivity index (χ2n) is 9.26. The third-order valence-electron chi connectivity index (χ3n) is 5.63. The Morgan fingerprint density at radius 3 is 1.38 bits per heavy atom. The molecule has 0 atom stereocenters. The maximum atomic E-state index is 6.45. The van der Waals surface area contributed by atoms with E-state index in [2.05, 4.69) is 89.7 Å². The van der Waals surface area contributed by atoms with Crippen LogP contribution in [0, 0.1) is 0 Å². The normalized spacial score (nSPS) is 14.2. The van der Waals surface area contributed by atoms with Crippen molar-refractivity contribution in [3.8, 4) is 5.75 Å². The summed E-state index contributed by atoms with van der Waals surface area (Å²) in [5.74, 6) is 1.08. The highest BCUT2D eigenvalue weighted by molar-refractivity contribution is 7.45. The summed E-state index contributed by atoms with van der Waals surface area (Å²) >= 11 is 0. The molecule has 1 nitrogen and oxygen atoms in total. The zero-order valence-electron chi connectivity index (χ0n) is 15.7. The van der Waals surface area contributed by atoms with Crippen molar-refractivity contribution >= 4 is 35.8 Å². The molecule has 21 heavy (non-hydrogen) atoms. The SMILES string of the molecule is C[Si](C)(C)[Si](C)(C)Oc1ccc([Si](C)(C)[Si](C)(C)C)cc1. The molecule has 5 heteroatoms. The van der Waals surface area contributed by atoms with E-state index in [1.54, 1.807) is 5.19 Å². The minimum atomic E-state index is -1.59. The summed E-state index contributed by atoms with van der Waals surface area (Å²) in [5.41, 5.74) is 0. The van der Waals surface area contributed by atoms with E-state index in [-0.39, 0.29) is 0 Å². The Hall–Kier alpha value is -0.112. The second-order valence-corrected chi connectivity index (χ2v) is 41.7. The van der Waals surface area contributed by atoms with Crippen LogP contribution in [0.1, 0.15) is 0 Å². The zero-order valence-corrected chi connectivity index (χ0v) is 19.7. The van der Waals surface area contributed by atoms with Gasteiger partial charge in [0, 0.05) is 7.59 Å². The summed E-state index contributed by atoms with van der Waals surface area (Å²) in [6.07, 6.45) is 0. The van der Waals surface area contributed by atoms with Crippen LogP contribution in [0.4, 0.5) is 0 Å². The maximum absolute atomic E-state index is 6.45. The molecule has 0 spiro atoms. The van der Waals surface area contributed by atoms with E-state index in [0.29, 0.717) is 0 Å². The summed E-state index contributed by atoms with van der Waals surface area (Å²) < 4.78 is 6.45. The molecule has 120 valence electrons. The Kier molecular flexibility index (Phi) is 5.26. The second kappa shape index (κ2) is 5.83. The van der Waals surface area contributed by atoms with E-state index >= 15 is 0 Å². The van der Waals surface area contributed by atoms with Gasteiger partial charge in [0.25, 0.3) is 0 Å². The smallest absolute Gasteiger partial charge is 0.228 e. The van der Waals surface area contributed by atoms with Crippen LogP contribution in [0.5, 0.6) is 5.75 Å². The lowest BCUT2D eigenvalue weighted by Crippen LogP contribution is -2.61. The van der Waals surface area contributed by atoms with Gasteiger partial charge in [-0.05, 0) is 25.2 Å². The Morgan fingerprint density at radius 2 is 1.05 bits per heavy atom. The topological polar surface area (TPSA) is 9.23 Å². The third-order valence-corrected chi connectivity index (χ3v) is 38.8. The van der Waals surface area contributed by atoms with E-state index in [0.717, 1.165) is 5.75 Å². The highest BCUT2D eigenvalue weighted by Gasteiger charge is 2.41. The van der Waals surface area contributed by atoms with Crippen LogP contribution in [-0.4, -0.2) is 30.6 Å². The molecule has 1 aromatic rings. The summed E-state index contributed by atoms with van der Waals surface area (Å²) in [4.78, 5) is 0. The van der Waals surface area contributed by atoms with Crippen LogP contribution in [0.15, 0.2) is 24.3 Å². The average molecular weight is 355 g/mol. The molecule has 1 aromatic carbocycles. The highest BCUT2D eigenvalue weighted by Crippen LogP contribution is 2.24. The molecular formula is C16H34OSi4.